The third-order valence-corrected chi connectivity index (χ3v) is 2.41. The fourth-order valence-corrected chi connectivity index (χ4v) is 1.49. The topological polar surface area (TPSA) is 44.8 Å². The molecule has 86 valence electrons. The molecule has 0 amide bonds. The molecule has 0 N–H and O–H groups in total. The zero-order valence-corrected chi connectivity index (χ0v) is 8.93. The first-order chi connectivity index (χ1) is 7.84. The molecular weight excluding hydrogens is 208 g/mol. The van der Waals surface area contributed by atoms with Crippen LogP contribution in [0.3, 0.4) is 0 Å². The Morgan fingerprint density at radius 1 is 1.19 bits per heavy atom. The maximum atomic E-state index is 10.6. The van der Waals surface area contributed by atoms with Crippen LogP contribution in [-0.4, -0.2) is 26.0 Å². The third kappa shape index (κ3) is 3.15. The largest absolute Gasteiger partial charge is 0.508 e. The lowest BCUT2D eigenvalue weighted by Gasteiger charge is -2.21. The molecule has 0 saturated carbocycles. The molecule has 0 atom stereocenters. The number of ether oxygens (including phenoxy) is 3. The Hall–Kier alpha value is -1.71. The molecule has 1 aliphatic heterocycles. The molecule has 0 spiro atoms. The molecular formula is C12H14O4. The lowest BCUT2D eigenvalue weighted by atomic mass is 10.1. The van der Waals surface area contributed by atoms with Crippen LogP contribution in [0.5, 0.6) is 5.75 Å². The van der Waals surface area contributed by atoms with E-state index in [2.05, 4.69) is 0 Å². The van der Waals surface area contributed by atoms with Gasteiger partial charge in [-0.25, -0.2) is 4.79 Å². The maximum absolute atomic E-state index is 10.6. The van der Waals surface area contributed by atoms with E-state index in [9.17, 15) is 4.79 Å². The predicted octanol–water partition coefficient (Wildman–Crippen LogP) is 2.24. The normalized spacial score (nSPS) is 16.4. The summed E-state index contributed by atoms with van der Waals surface area (Å²) in [5.41, 5.74) is 0. The van der Waals surface area contributed by atoms with Crippen LogP contribution in [0.2, 0.25) is 0 Å². The second-order valence-electron chi connectivity index (χ2n) is 3.69. The molecule has 16 heavy (non-hydrogen) atoms. The summed E-state index contributed by atoms with van der Waals surface area (Å²) in [4.78, 5) is 10.6. The quantitative estimate of drug-likeness (QED) is 0.733. The molecule has 4 nitrogen and oxygen atoms in total. The van der Waals surface area contributed by atoms with Gasteiger partial charge in [0.05, 0.1) is 6.61 Å². The van der Waals surface area contributed by atoms with Gasteiger partial charge in [-0.1, -0.05) is 18.2 Å². The Bertz CT molecular complexity index is 326. The van der Waals surface area contributed by atoms with Crippen molar-refractivity contribution in [1.82, 2.24) is 0 Å². The maximum Gasteiger partial charge on any atom is 0.508 e. The molecule has 4 heteroatoms. The summed E-state index contributed by atoms with van der Waals surface area (Å²) in [6.07, 6.45) is 0.252. The second-order valence-corrected chi connectivity index (χ2v) is 3.69. The van der Waals surface area contributed by atoms with Gasteiger partial charge in [0.25, 0.3) is 0 Å². The Kier molecular flexibility index (Phi) is 3.64. The van der Waals surface area contributed by atoms with E-state index in [0.717, 1.165) is 12.2 Å². The highest BCUT2D eigenvalue weighted by Crippen LogP contribution is 2.13. The summed E-state index contributed by atoms with van der Waals surface area (Å²) in [5.74, 6) is 1.10. The molecule has 1 heterocycles. The molecule has 0 bridgehead atoms. The number of benzene rings is 1. The van der Waals surface area contributed by atoms with Gasteiger partial charge in [0.1, 0.15) is 19.0 Å². The second kappa shape index (κ2) is 5.39. The number of carbonyl (C=O) groups excluding carboxylic acids is 1. The highest BCUT2D eigenvalue weighted by molar-refractivity contribution is 5.60. The number of para-hydroxylation sites is 1. The van der Waals surface area contributed by atoms with Gasteiger partial charge in [-0.05, 0) is 18.6 Å². The summed E-state index contributed by atoms with van der Waals surface area (Å²) in [6.45, 7) is 1.46. The molecule has 0 aromatic heterocycles. The minimum absolute atomic E-state index is 0.237. The standard InChI is InChI=1S/C12H14O4/c13-12-15-8-10(9-16-12)6-7-14-11-4-2-1-3-5-11/h1-5,10H,6-9H2. The SMILES string of the molecule is O=C1OCC(CCOc2ccccc2)CO1. The van der Waals surface area contributed by atoms with Gasteiger partial charge in [-0.3, -0.25) is 0 Å². The van der Waals surface area contributed by atoms with Crippen molar-refractivity contribution in [2.45, 2.75) is 6.42 Å². The summed E-state index contributed by atoms with van der Waals surface area (Å²) in [6, 6.07) is 9.64. The average Bonchev–Trinajstić information content (AvgIpc) is 2.33. The zero-order valence-electron chi connectivity index (χ0n) is 8.93. The van der Waals surface area contributed by atoms with Gasteiger partial charge in [-0.2, -0.15) is 0 Å². The van der Waals surface area contributed by atoms with E-state index in [1.807, 2.05) is 30.3 Å². The van der Waals surface area contributed by atoms with E-state index in [0.29, 0.717) is 19.8 Å². The Morgan fingerprint density at radius 2 is 1.88 bits per heavy atom. The van der Waals surface area contributed by atoms with Crippen molar-refractivity contribution in [3.05, 3.63) is 30.3 Å². The molecule has 0 radical (unpaired) electrons. The fraction of sp³-hybridized carbons (Fsp3) is 0.417. The van der Waals surface area contributed by atoms with Crippen molar-refractivity contribution in [3.8, 4) is 5.75 Å². The lowest BCUT2D eigenvalue weighted by molar-refractivity contribution is -0.0168. The summed E-state index contributed by atoms with van der Waals surface area (Å²) in [7, 11) is 0. The molecule has 1 saturated heterocycles. The van der Waals surface area contributed by atoms with E-state index >= 15 is 0 Å². The molecule has 0 aliphatic carbocycles. The van der Waals surface area contributed by atoms with Gasteiger partial charge < -0.3 is 14.2 Å². The van der Waals surface area contributed by atoms with E-state index in [1.54, 1.807) is 0 Å². The number of carbonyl (C=O) groups is 1. The lowest BCUT2D eigenvalue weighted by Crippen LogP contribution is -2.28. The monoisotopic (exact) mass is 222 g/mol. The van der Waals surface area contributed by atoms with Gasteiger partial charge in [0.15, 0.2) is 0 Å². The molecule has 1 aromatic carbocycles. The van der Waals surface area contributed by atoms with Crippen molar-refractivity contribution < 1.29 is 19.0 Å². The van der Waals surface area contributed by atoms with Crippen molar-refractivity contribution in [2.24, 2.45) is 5.92 Å². The number of rotatable bonds is 4. The molecule has 1 aromatic rings. The van der Waals surface area contributed by atoms with E-state index < -0.39 is 6.16 Å². The first kappa shape index (κ1) is 10.8. The zero-order chi connectivity index (χ0) is 11.2. The first-order valence-corrected chi connectivity index (χ1v) is 5.32. The van der Waals surface area contributed by atoms with Crippen molar-refractivity contribution in [1.29, 1.82) is 0 Å². The number of hydrogen-bond acceptors (Lipinski definition) is 4. The molecule has 0 unspecified atom stereocenters. The minimum Gasteiger partial charge on any atom is -0.494 e. The minimum atomic E-state index is -0.569. The van der Waals surface area contributed by atoms with E-state index in [4.69, 9.17) is 14.2 Å². The van der Waals surface area contributed by atoms with Crippen molar-refractivity contribution in [2.75, 3.05) is 19.8 Å². The predicted molar refractivity (Wildman–Crippen MR) is 57.3 cm³/mol. The van der Waals surface area contributed by atoms with E-state index in [-0.39, 0.29) is 5.92 Å². The summed E-state index contributed by atoms with van der Waals surface area (Å²) < 4.78 is 15.1. The molecule has 1 fully saturated rings. The van der Waals surface area contributed by atoms with Crippen LogP contribution in [0, 0.1) is 5.92 Å². The van der Waals surface area contributed by atoms with Crippen molar-refractivity contribution in [3.63, 3.8) is 0 Å². The van der Waals surface area contributed by atoms with Crippen molar-refractivity contribution >= 4 is 6.16 Å². The van der Waals surface area contributed by atoms with Gasteiger partial charge in [-0.15, -0.1) is 0 Å². The number of hydrogen-bond donors (Lipinski definition) is 0. The van der Waals surface area contributed by atoms with Gasteiger partial charge in [0.2, 0.25) is 0 Å². The Balaban J connectivity index is 1.67. The Morgan fingerprint density at radius 3 is 2.56 bits per heavy atom. The first-order valence-electron chi connectivity index (χ1n) is 5.32. The van der Waals surface area contributed by atoms with Crippen LogP contribution in [0.4, 0.5) is 4.79 Å². The van der Waals surface area contributed by atoms with Crippen LogP contribution in [0.25, 0.3) is 0 Å². The van der Waals surface area contributed by atoms with Gasteiger partial charge >= 0.3 is 6.16 Å². The third-order valence-electron chi connectivity index (χ3n) is 2.41. The smallest absolute Gasteiger partial charge is 0.494 e. The van der Waals surface area contributed by atoms with Crippen LogP contribution in [0.15, 0.2) is 30.3 Å². The van der Waals surface area contributed by atoms with Gasteiger partial charge in [0, 0.05) is 5.92 Å². The van der Waals surface area contributed by atoms with Crippen LogP contribution in [-0.2, 0) is 9.47 Å². The highest BCUT2D eigenvalue weighted by atomic mass is 16.7. The highest BCUT2D eigenvalue weighted by Gasteiger charge is 2.20. The average molecular weight is 222 g/mol. The summed E-state index contributed by atoms with van der Waals surface area (Å²) in [5, 5.41) is 0. The molecule has 1 aliphatic rings. The molecule has 2 rings (SSSR count). The fourth-order valence-electron chi connectivity index (χ4n) is 1.49. The van der Waals surface area contributed by atoms with E-state index in [1.165, 1.54) is 0 Å². The van der Waals surface area contributed by atoms with Crippen LogP contribution < -0.4 is 4.74 Å². The Labute approximate surface area is 94.1 Å². The van der Waals surface area contributed by atoms with Crippen LogP contribution >= 0.6 is 0 Å². The van der Waals surface area contributed by atoms with Crippen LogP contribution in [0.1, 0.15) is 6.42 Å². The summed E-state index contributed by atoms with van der Waals surface area (Å²) >= 11 is 0. The number of cyclic esters (lactones) is 2.